The molecule has 28 heavy (non-hydrogen) atoms. The van der Waals surface area contributed by atoms with Crippen LogP contribution in [0.2, 0.25) is 0 Å². The summed E-state index contributed by atoms with van der Waals surface area (Å²) in [5, 5.41) is 6.01. The second-order valence-electron chi connectivity index (χ2n) is 6.27. The van der Waals surface area contributed by atoms with Gasteiger partial charge in [-0.05, 0) is 30.3 Å². The van der Waals surface area contributed by atoms with Crippen molar-refractivity contribution in [3.63, 3.8) is 0 Å². The van der Waals surface area contributed by atoms with Crippen LogP contribution >= 0.6 is 0 Å². The van der Waals surface area contributed by atoms with Gasteiger partial charge < -0.3 is 24.7 Å². The smallest absolute Gasteiger partial charge is 0.270 e. The number of para-hydroxylation sites is 2. The molecule has 1 aliphatic rings. The number of furan rings is 1. The summed E-state index contributed by atoms with van der Waals surface area (Å²) in [5.74, 6) is 0.759. The molecule has 0 spiro atoms. The van der Waals surface area contributed by atoms with Crippen molar-refractivity contribution in [2.24, 2.45) is 0 Å². The third kappa shape index (κ3) is 4.29. The molecular weight excluding hydrogens is 358 g/mol. The highest BCUT2D eigenvalue weighted by Crippen LogP contribution is 2.28. The summed E-state index contributed by atoms with van der Waals surface area (Å²) in [7, 11) is 0. The van der Waals surface area contributed by atoms with Gasteiger partial charge >= 0.3 is 0 Å². The Morgan fingerprint density at radius 3 is 2.79 bits per heavy atom. The minimum absolute atomic E-state index is 0.285. The Balaban J connectivity index is 1.47. The highest BCUT2D eigenvalue weighted by molar-refractivity contribution is 5.92. The van der Waals surface area contributed by atoms with Gasteiger partial charge in [0.1, 0.15) is 11.5 Å². The van der Waals surface area contributed by atoms with E-state index >= 15 is 0 Å². The first-order chi connectivity index (χ1) is 13.8. The van der Waals surface area contributed by atoms with Gasteiger partial charge in [-0.25, -0.2) is 9.97 Å². The van der Waals surface area contributed by atoms with Crippen molar-refractivity contribution in [2.75, 3.05) is 36.5 Å². The monoisotopic (exact) mass is 379 g/mol. The number of morpholine rings is 1. The predicted molar refractivity (Wildman–Crippen MR) is 105 cm³/mol. The fourth-order valence-electron chi connectivity index (χ4n) is 3.00. The molecule has 1 aromatic carbocycles. The number of nitrogens with zero attached hydrogens (tertiary/aromatic N) is 3. The molecule has 1 saturated heterocycles. The lowest BCUT2D eigenvalue weighted by Gasteiger charge is -2.30. The lowest BCUT2D eigenvalue weighted by molar-refractivity contribution is 0.0943. The first kappa shape index (κ1) is 18.0. The van der Waals surface area contributed by atoms with Crippen molar-refractivity contribution in [2.45, 2.75) is 6.54 Å². The first-order valence-corrected chi connectivity index (χ1v) is 9.12. The van der Waals surface area contributed by atoms with E-state index in [4.69, 9.17) is 9.15 Å². The maximum atomic E-state index is 12.4. The highest BCUT2D eigenvalue weighted by Gasteiger charge is 2.15. The largest absolute Gasteiger partial charge is 0.467 e. The summed E-state index contributed by atoms with van der Waals surface area (Å²) < 4.78 is 10.7. The van der Waals surface area contributed by atoms with E-state index in [1.165, 1.54) is 0 Å². The SMILES string of the molecule is O=C(NCc1ccco1)c1ccnc(Nc2ccccc2N2CCOCC2)n1. The van der Waals surface area contributed by atoms with Crippen LogP contribution in [0.1, 0.15) is 16.2 Å². The van der Waals surface area contributed by atoms with E-state index in [-0.39, 0.29) is 11.6 Å². The average molecular weight is 379 g/mol. The van der Waals surface area contributed by atoms with Crippen LogP contribution in [0.4, 0.5) is 17.3 Å². The van der Waals surface area contributed by atoms with Crippen molar-refractivity contribution >= 4 is 23.2 Å². The molecule has 8 nitrogen and oxygen atoms in total. The molecule has 0 bridgehead atoms. The third-order valence-electron chi connectivity index (χ3n) is 4.39. The quantitative estimate of drug-likeness (QED) is 0.680. The molecule has 0 saturated carbocycles. The van der Waals surface area contributed by atoms with Gasteiger partial charge in [-0.1, -0.05) is 12.1 Å². The van der Waals surface area contributed by atoms with Crippen LogP contribution in [0.15, 0.2) is 59.3 Å². The highest BCUT2D eigenvalue weighted by atomic mass is 16.5. The van der Waals surface area contributed by atoms with Crippen LogP contribution in [-0.2, 0) is 11.3 Å². The number of amides is 1. The van der Waals surface area contributed by atoms with Gasteiger partial charge in [0.2, 0.25) is 5.95 Å². The van der Waals surface area contributed by atoms with E-state index in [0.29, 0.717) is 31.5 Å². The molecule has 1 fully saturated rings. The topological polar surface area (TPSA) is 92.5 Å². The van der Waals surface area contributed by atoms with Crippen molar-refractivity contribution in [3.8, 4) is 0 Å². The van der Waals surface area contributed by atoms with E-state index in [9.17, 15) is 4.79 Å². The lowest BCUT2D eigenvalue weighted by Crippen LogP contribution is -2.36. The Hall–Kier alpha value is -3.39. The van der Waals surface area contributed by atoms with E-state index < -0.39 is 0 Å². The van der Waals surface area contributed by atoms with Crippen LogP contribution < -0.4 is 15.5 Å². The molecule has 3 aromatic rings. The second-order valence-corrected chi connectivity index (χ2v) is 6.27. The molecule has 4 rings (SSSR count). The fourth-order valence-corrected chi connectivity index (χ4v) is 3.00. The number of carbonyl (C=O) groups excluding carboxylic acids is 1. The van der Waals surface area contributed by atoms with E-state index in [1.54, 1.807) is 30.7 Å². The van der Waals surface area contributed by atoms with E-state index in [0.717, 1.165) is 24.5 Å². The first-order valence-electron chi connectivity index (χ1n) is 9.12. The zero-order valence-corrected chi connectivity index (χ0v) is 15.3. The van der Waals surface area contributed by atoms with Gasteiger partial charge in [-0.2, -0.15) is 0 Å². The van der Waals surface area contributed by atoms with Gasteiger partial charge in [-0.3, -0.25) is 4.79 Å². The molecule has 8 heteroatoms. The zero-order valence-electron chi connectivity index (χ0n) is 15.3. The Kier molecular flexibility index (Phi) is 5.48. The molecule has 3 heterocycles. The molecule has 144 valence electrons. The maximum Gasteiger partial charge on any atom is 0.270 e. The predicted octanol–water partition coefficient (Wildman–Crippen LogP) is 2.58. The van der Waals surface area contributed by atoms with Crippen LogP contribution in [0.5, 0.6) is 0 Å². The number of rotatable bonds is 6. The Bertz CT molecular complexity index is 923. The standard InChI is InChI=1S/C20H21N5O3/c26-19(22-14-15-4-3-11-28-15)17-7-8-21-20(24-17)23-16-5-1-2-6-18(16)25-9-12-27-13-10-25/h1-8,11H,9-10,12-14H2,(H,22,26)(H,21,23,24). The normalized spacial score (nSPS) is 13.9. The molecule has 0 unspecified atom stereocenters. The summed E-state index contributed by atoms with van der Waals surface area (Å²) in [6.07, 6.45) is 3.13. The molecule has 2 aromatic heterocycles. The lowest BCUT2D eigenvalue weighted by atomic mass is 10.2. The second kappa shape index (κ2) is 8.53. The third-order valence-corrected chi connectivity index (χ3v) is 4.39. The maximum absolute atomic E-state index is 12.4. The van der Waals surface area contributed by atoms with Crippen LogP contribution in [0, 0.1) is 0 Å². The van der Waals surface area contributed by atoms with Gasteiger partial charge in [0.15, 0.2) is 0 Å². The number of aromatic nitrogens is 2. The molecular formula is C20H21N5O3. The van der Waals surface area contributed by atoms with Crippen LogP contribution in [0.3, 0.4) is 0 Å². The van der Waals surface area contributed by atoms with Gasteiger partial charge in [0.05, 0.1) is 37.4 Å². The molecule has 1 amide bonds. The van der Waals surface area contributed by atoms with E-state index in [1.807, 2.05) is 24.3 Å². The van der Waals surface area contributed by atoms with Crippen molar-refractivity contribution in [1.82, 2.24) is 15.3 Å². The Morgan fingerprint density at radius 2 is 1.96 bits per heavy atom. The van der Waals surface area contributed by atoms with E-state index in [2.05, 4.69) is 25.5 Å². The van der Waals surface area contributed by atoms with Crippen molar-refractivity contribution < 1.29 is 13.9 Å². The number of nitrogens with one attached hydrogen (secondary N) is 2. The number of carbonyl (C=O) groups is 1. The average Bonchev–Trinajstić information content (AvgIpc) is 3.27. The molecule has 1 aliphatic heterocycles. The number of anilines is 3. The minimum Gasteiger partial charge on any atom is -0.467 e. The Labute approximate surface area is 162 Å². The number of hydrogen-bond acceptors (Lipinski definition) is 7. The minimum atomic E-state index is -0.289. The molecule has 2 N–H and O–H groups in total. The van der Waals surface area contributed by atoms with Crippen LogP contribution in [0.25, 0.3) is 0 Å². The number of ether oxygens (including phenoxy) is 1. The molecule has 0 aliphatic carbocycles. The van der Waals surface area contributed by atoms with Gasteiger partial charge in [0.25, 0.3) is 5.91 Å². The number of benzene rings is 1. The Morgan fingerprint density at radius 1 is 1.11 bits per heavy atom. The summed E-state index contributed by atoms with van der Waals surface area (Å²) in [4.78, 5) is 23.2. The van der Waals surface area contributed by atoms with Crippen molar-refractivity contribution in [3.05, 3.63) is 66.4 Å². The van der Waals surface area contributed by atoms with Crippen LogP contribution in [-0.4, -0.2) is 42.2 Å². The van der Waals surface area contributed by atoms with Gasteiger partial charge in [-0.15, -0.1) is 0 Å². The van der Waals surface area contributed by atoms with Crippen molar-refractivity contribution in [1.29, 1.82) is 0 Å². The molecule has 0 radical (unpaired) electrons. The fraction of sp³-hybridized carbons (Fsp3) is 0.250. The summed E-state index contributed by atoms with van der Waals surface area (Å²) >= 11 is 0. The summed E-state index contributed by atoms with van der Waals surface area (Å²) in [5.41, 5.74) is 2.23. The summed E-state index contributed by atoms with van der Waals surface area (Å²) in [6, 6.07) is 13.1. The van der Waals surface area contributed by atoms with Gasteiger partial charge in [0, 0.05) is 19.3 Å². The number of hydrogen-bond donors (Lipinski definition) is 2. The summed E-state index contributed by atoms with van der Waals surface area (Å²) in [6.45, 7) is 3.37. The molecule has 0 atom stereocenters. The zero-order chi connectivity index (χ0) is 19.2.